The Morgan fingerprint density at radius 3 is 2.65 bits per heavy atom. The summed E-state index contributed by atoms with van der Waals surface area (Å²) in [5.41, 5.74) is -1.40. The second kappa shape index (κ2) is 5.90. The van der Waals surface area contributed by atoms with Gasteiger partial charge in [0.05, 0.1) is 13.0 Å². The highest BCUT2D eigenvalue weighted by Gasteiger charge is 2.49. The van der Waals surface area contributed by atoms with Crippen molar-refractivity contribution >= 4 is 11.9 Å². The van der Waals surface area contributed by atoms with Crippen molar-refractivity contribution in [3.05, 3.63) is 30.1 Å². The van der Waals surface area contributed by atoms with Gasteiger partial charge in [0, 0.05) is 6.42 Å². The van der Waals surface area contributed by atoms with E-state index in [1.165, 1.54) is 24.3 Å². The lowest BCUT2D eigenvalue weighted by molar-refractivity contribution is -0.177. The van der Waals surface area contributed by atoms with Crippen molar-refractivity contribution in [2.75, 3.05) is 13.2 Å². The fourth-order valence-electron chi connectivity index (χ4n) is 1.92. The minimum absolute atomic E-state index is 0.144. The highest BCUT2D eigenvalue weighted by molar-refractivity contribution is 5.87. The molecule has 1 aromatic carbocycles. The van der Waals surface area contributed by atoms with Crippen LogP contribution in [0.2, 0.25) is 0 Å². The number of rotatable bonds is 5. The monoisotopic (exact) mass is 282 g/mol. The minimum Gasteiger partial charge on any atom is -0.489 e. The highest BCUT2D eigenvalue weighted by atomic mass is 19.1. The molecular weight excluding hydrogens is 267 g/mol. The molecule has 0 amide bonds. The SMILES string of the molecule is CCOC(=O)C1(COc2ccc(F)cc2)CCC(=O)O1. The van der Waals surface area contributed by atoms with Gasteiger partial charge < -0.3 is 14.2 Å². The lowest BCUT2D eigenvalue weighted by atomic mass is 10.0. The lowest BCUT2D eigenvalue weighted by Gasteiger charge is -2.25. The molecule has 0 bridgehead atoms. The molecular formula is C14H15FO5. The summed E-state index contributed by atoms with van der Waals surface area (Å²) in [6, 6.07) is 5.36. The number of hydrogen-bond donors (Lipinski definition) is 0. The smallest absolute Gasteiger partial charge is 0.354 e. The number of carbonyl (C=O) groups excluding carboxylic acids is 2. The maximum atomic E-state index is 12.8. The zero-order chi connectivity index (χ0) is 14.6. The Morgan fingerprint density at radius 2 is 2.10 bits per heavy atom. The molecule has 6 heteroatoms. The van der Waals surface area contributed by atoms with Crippen molar-refractivity contribution in [1.29, 1.82) is 0 Å². The Balaban J connectivity index is 2.07. The Morgan fingerprint density at radius 1 is 1.40 bits per heavy atom. The third-order valence-corrected chi connectivity index (χ3v) is 2.98. The molecule has 0 N–H and O–H groups in total. The van der Waals surface area contributed by atoms with Gasteiger partial charge in [0.1, 0.15) is 18.2 Å². The molecule has 0 saturated carbocycles. The summed E-state index contributed by atoms with van der Waals surface area (Å²) < 4.78 is 28.2. The molecule has 1 atom stereocenters. The van der Waals surface area contributed by atoms with Crippen LogP contribution in [0.3, 0.4) is 0 Å². The normalized spacial score (nSPS) is 21.4. The Hall–Kier alpha value is -2.11. The molecule has 0 aromatic heterocycles. The van der Waals surface area contributed by atoms with Crippen molar-refractivity contribution in [2.24, 2.45) is 0 Å². The number of ether oxygens (including phenoxy) is 3. The molecule has 1 fully saturated rings. The molecule has 1 saturated heterocycles. The molecule has 0 spiro atoms. The Labute approximate surface area is 115 Å². The Kier molecular flexibility index (Phi) is 4.22. The van der Waals surface area contributed by atoms with E-state index in [9.17, 15) is 14.0 Å². The average molecular weight is 282 g/mol. The molecule has 2 rings (SSSR count). The summed E-state index contributed by atoms with van der Waals surface area (Å²) in [5.74, 6) is -1.07. The van der Waals surface area contributed by atoms with Crippen LogP contribution in [0, 0.1) is 5.82 Å². The highest BCUT2D eigenvalue weighted by Crippen LogP contribution is 2.29. The second-order valence-corrected chi connectivity index (χ2v) is 4.43. The van der Waals surface area contributed by atoms with Gasteiger partial charge in [0.2, 0.25) is 5.60 Å². The van der Waals surface area contributed by atoms with Gasteiger partial charge >= 0.3 is 11.9 Å². The van der Waals surface area contributed by atoms with Gasteiger partial charge in [-0.3, -0.25) is 4.79 Å². The maximum absolute atomic E-state index is 12.8. The summed E-state index contributed by atoms with van der Waals surface area (Å²) in [7, 11) is 0. The minimum atomic E-state index is -1.40. The molecule has 0 aliphatic carbocycles. The number of carbonyl (C=O) groups is 2. The topological polar surface area (TPSA) is 61.8 Å². The first-order valence-corrected chi connectivity index (χ1v) is 6.33. The lowest BCUT2D eigenvalue weighted by Crippen LogP contribution is -2.45. The summed E-state index contributed by atoms with van der Waals surface area (Å²) in [4.78, 5) is 23.2. The molecule has 1 aromatic rings. The van der Waals surface area contributed by atoms with Crippen LogP contribution in [-0.2, 0) is 19.1 Å². The molecule has 5 nitrogen and oxygen atoms in total. The predicted octanol–water partition coefficient (Wildman–Crippen LogP) is 1.84. The fourth-order valence-corrected chi connectivity index (χ4v) is 1.92. The van der Waals surface area contributed by atoms with Gasteiger partial charge in [0.15, 0.2) is 0 Å². The van der Waals surface area contributed by atoms with Crippen LogP contribution >= 0.6 is 0 Å². The van der Waals surface area contributed by atoms with E-state index in [1.54, 1.807) is 6.92 Å². The third kappa shape index (κ3) is 3.07. The number of cyclic esters (lactones) is 1. The maximum Gasteiger partial charge on any atom is 0.354 e. The molecule has 1 unspecified atom stereocenters. The van der Waals surface area contributed by atoms with Gasteiger partial charge in [-0.25, -0.2) is 9.18 Å². The first kappa shape index (κ1) is 14.3. The predicted molar refractivity (Wildman–Crippen MR) is 66.6 cm³/mol. The van der Waals surface area contributed by atoms with Gasteiger partial charge in [-0.05, 0) is 31.2 Å². The zero-order valence-corrected chi connectivity index (χ0v) is 11.1. The average Bonchev–Trinajstić information content (AvgIpc) is 2.81. The van der Waals surface area contributed by atoms with Crippen LogP contribution < -0.4 is 4.74 Å². The van der Waals surface area contributed by atoms with E-state index in [-0.39, 0.29) is 31.9 Å². The molecule has 20 heavy (non-hydrogen) atoms. The summed E-state index contributed by atoms with van der Waals surface area (Å²) in [5, 5.41) is 0. The molecule has 0 radical (unpaired) electrons. The largest absolute Gasteiger partial charge is 0.489 e. The van der Waals surface area contributed by atoms with Gasteiger partial charge in [-0.15, -0.1) is 0 Å². The van der Waals surface area contributed by atoms with Gasteiger partial charge in [0.25, 0.3) is 0 Å². The van der Waals surface area contributed by atoms with Crippen molar-refractivity contribution in [3.8, 4) is 5.75 Å². The van der Waals surface area contributed by atoms with Crippen LogP contribution in [0.25, 0.3) is 0 Å². The summed E-state index contributed by atoms with van der Waals surface area (Å²) in [6.45, 7) is 1.71. The van der Waals surface area contributed by atoms with Gasteiger partial charge in [-0.2, -0.15) is 0 Å². The first-order valence-electron chi connectivity index (χ1n) is 6.33. The zero-order valence-electron chi connectivity index (χ0n) is 11.1. The van der Waals surface area contributed by atoms with Crippen LogP contribution in [0.5, 0.6) is 5.75 Å². The van der Waals surface area contributed by atoms with E-state index in [2.05, 4.69) is 0 Å². The molecule has 1 aliphatic rings. The van der Waals surface area contributed by atoms with Crippen molar-refractivity contribution in [3.63, 3.8) is 0 Å². The summed E-state index contributed by atoms with van der Waals surface area (Å²) in [6.07, 6.45) is 0.359. The van der Waals surface area contributed by atoms with Gasteiger partial charge in [-0.1, -0.05) is 0 Å². The van der Waals surface area contributed by atoms with E-state index < -0.39 is 17.5 Å². The number of esters is 2. The first-order chi connectivity index (χ1) is 9.55. The quantitative estimate of drug-likeness (QED) is 0.771. The van der Waals surface area contributed by atoms with E-state index >= 15 is 0 Å². The third-order valence-electron chi connectivity index (χ3n) is 2.98. The number of hydrogen-bond acceptors (Lipinski definition) is 5. The van der Waals surface area contributed by atoms with Crippen LogP contribution in [-0.4, -0.2) is 30.8 Å². The fraction of sp³-hybridized carbons (Fsp3) is 0.429. The number of halogens is 1. The Bertz CT molecular complexity index is 499. The molecule has 108 valence electrons. The van der Waals surface area contributed by atoms with Crippen LogP contribution in [0.15, 0.2) is 24.3 Å². The van der Waals surface area contributed by atoms with E-state index in [1.807, 2.05) is 0 Å². The molecule has 1 heterocycles. The van der Waals surface area contributed by atoms with Crippen LogP contribution in [0.1, 0.15) is 19.8 Å². The van der Waals surface area contributed by atoms with E-state index in [0.29, 0.717) is 5.75 Å². The second-order valence-electron chi connectivity index (χ2n) is 4.43. The van der Waals surface area contributed by atoms with E-state index in [4.69, 9.17) is 14.2 Å². The standard InChI is InChI=1S/C14H15FO5/c1-2-18-13(17)14(8-7-12(16)20-14)9-19-11-5-3-10(15)4-6-11/h3-6H,2,7-9H2,1H3. The molecule has 1 aliphatic heterocycles. The summed E-state index contributed by atoms with van der Waals surface area (Å²) >= 11 is 0. The van der Waals surface area contributed by atoms with Crippen LogP contribution in [0.4, 0.5) is 4.39 Å². The van der Waals surface area contributed by atoms with Crippen molar-refractivity contribution in [1.82, 2.24) is 0 Å². The number of benzene rings is 1. The van der Waals surface area contributed by atoms with Crippen molar-refractivity contribution < 1.29 is 28.2 Å². The van der Waals surface area contributed by atoms with Crippen molar-refractivity contribution in [2.45, 2.75) is 25.4 Å². The van der Waals surface area contributed by atoms with E-state index in [0.717, 1.165) is 0 Å².